The van der Waals surface area contributed by atoms with Gasteiger partial charge < -0.3 is 19.5 Å². The molecule has 0 spiro atoms. The van der Waals surface area contributed by atoms with Crippen LogP contribution in [0.25, 0.3) is 11.1 Å². The SMILES string of the molecule is C=COCCCOCCNC(=O)OCC1c2ccccc2-c2ccccc21. The lowest BCUT2D eigenvalue weighted by Gasteiger charge is -2.14. The van der Waals surface area contributed by atoms with Gasteiger partial charge in [0.25, 0.3) is 0 Å². The van der Waals surface area contributed by atoms with Gasteiger partial charge in [-0.25, -0.2) is 4.79 Å². The highest BCUT2D eigenvalue weighted by atomic mass is 16.5. The minimum absolute atomic E-state index is 0.0734. The summed E-state index contributed by atoms with van der Waals surface area (Å²) in [6.45, 7) is 5.82. The largest absolute Gasteiger partial charge is 0.502 e. The normalized spacial score (nSPS) is 12.1. The Labute approximate surface area is 159 Å². The number of carbonyl (C=O) groups is 1. The first kappa shape index (κ1) is 19.0. The van der Waals surface area contributed by atoms with Gasteiger partial charge in [-0.05, 0) is 22.3 Å². The highest BCUT2D eigenvalue weighted by molar-refractivity contribution is 5.79. The molecule has 0 unspecified atom stereocenters. The number of hydrogen-bond donors (Lipinski definition) is 1. The molecule has 5 nitrogen and oxygen atoms in total. The van der Waals surface area contributed by atoms with E-state index in [0.717, 1.165) is 6.42 Å². The van der Waals surface area contributed by atoms with Crippen molar-refractivity contribution in [3.8, 4) is 11.1 Å². The summed E-state index contributed by atoms with van der Waals surface area (Å²) in [5.74, 6) is 0.0734. The predicted octanol–water partition coefficient (Wildman–Crippen LogP) is 4.09. The molecule has 0 bridgehead atoms. The van der Waals surface area contributed by atoms with E-state index in [1.165, 1.54) is 28.5 Å². The first-order valence-corrected chi connectivity index (χ1v) is 9.20. The van der Waals surface area contributed by atoms with Crippen LogP contribution in [0.15, 0.2) is 61.4 Å². The van der Waals surface area contributed by atoms with E-state index in [2.05, 4.69) is 36.2 Å². The van der Waals surface area contributed by atoms with Crippen LogP contribution in [0.2, 0.25) is 0 Å². The molecule has 2 aromatic carbocycles. The van der Waals surface area contributed by atoms with Crippen LogP contribution in [0.1, 0.15) is 23.5 Å². The molecular weight excluding hydrogens is 342 g/mol. The monoisotopic (exact) mass is 367 g/mol. The van der Waals surface area contributed by atoms with Crippen LogP contribution in [-0.2, 0) is 14.2 Å². The second-order valence-corrected chi connectivity index (χ2v) is 6.26. The number of fused-ring (bicyclic) bond motifs is 3. The summed E-state index contributed by atoms with van der Waals surface area (Å²) in [5, 5.41) is 2.72. The average Bonchev–Trinajstić information content (AvgIpc) is 3.02. The summed E-state index contributed by atoms with van der Waals surface area (Å²) in [4.78, 5) is 12.0. The molecule has 27 heavy (non-hydrogen) atoms. The van der Waals surface area contributed by atoms with E-state index in [1.54, 1.807) is 0 Å². The molecule has 0 aromatic heterocycles. The molecule has 1 aliphatic rings. The maximum Gasteiger partial charge on any atom is 0.407 e. The zero-order valence-corrected chi connectivity index (χ0v) is 15.4. The van der Waals surface area contributed by atoms with Gasteiger partial charge >= 0.3 is 6.09 Å². The van der Waals surface area contributed by atoms with Crippen LogP contribution in [0.3, 0.4) is 0 Å². The van der Waals surface area contributed by atoms with Crippen molar-refractivity contribution in [1.29, 1.82) is 0 Å². The van der Waals surface area contributed by atoms with Crippen molar-refractivity contribution in [2.75, 3.05) is 33.0 Å². The lowest BCUT2D eigenvalue weighted by Crippen LogP contribution is -2.29. The van der Waals surface area contributed by atoms with Crippen molar-refractivity contribution >= 4 is 6.09 Å². The predicted molar refractivity (Wildman–Crippen MR) is 105 cm³/mol. The molecule has 0 saturated carbocycles. The Hall–Kier alpha value is -2.79. The maximum absolute atomic E-state index is 12.0. The number of hydrogen-bond acceptors (Lipinski definition) is 4. The Bertz CT molecular complexity index is 729. The number of benzene rings is 2. The second-order valence-electron chi connectivity index (χ2n) is 6.26. The molecule has 0 heterocycles. The first-order valence-electron chi connectivity index (χ1n) is 9.20. The van der Waals surface area contributed by atoms with Crippen molar-refractivity contribution in [2.24, 2.45) is 0 Å². The highest BCUT2D eigenvalue weighted by Crippen LogP contribution is 2.44. The number of rotatable bonds is 10. The molecule has 0 saturated heterocycles. The van der Waals surface area contributed by atoms with Crippen LogP contribution in [-0.4, -0.2) is 39.1 Å². The van der Waals surface area contributed by atoms with Gasteiger partial charge in [-0.1, -0.05) is 55.1 Å². The fourth-order valence-corrected chi connectivity index (χ4v) is 3.30. The summed E-state index contributed by atoms with van der Waals surface area (Å²) < 4.78 is 15.9. The van der Waals surface area contributed by atoms with Gasteiger partial charge in [0.1, 0.15) is 6.61 Å². The summed E-state index contributed by atoms with van der Waals surface area (Å²) >= 11 is 0. The fourth-order valence-electron chi connectivity index (χ4n) is 3.30. The Balaban J connectivity index is 1.42. The lowest BCUT2D eigenvalue weighted by atomic mass is 9.98. The van der Waals surface area contributed by atoms with Crippen molar-refractivity contribution in [3.05, 3.63) is 72.5 Å². The molecule has 0 aliphatic heterocycles. The Morgan fingerprint density at radius 2 is 1.67 bits per heavy atom. The first-order chi connectivity index (χ1) is 13.3. The number of amides is 1. The Kier molecular flexibility index (Phi) is 6.88. The maximum atomic E-state index is 12.0. The Morgan fingerprint density at radius 3 is 2.33 bits per heavy atom. The lowest BCUT2D eigenvalue weighted by molar-refractivity contribution is 0.107. The van der Waals surface area contributed by atoms with E-state index >= 15 is 0 Å². The fraction of sp³-hybridized carbons (Fsp3) is 0.318. The third-order valence-electron chi connectivity index (χ3n) is 4.53. The third kappa shape index (κ3) is 4.89. The van der Waals surface area contributed by atoms with Crippen LogP contribution >= 0.6 is 0 Å². The van der Waals surface area contributed by atoms with Crippen LogP contribution in [0, 0.1) is 0 Å². The molecule has 0 atom stereocenters. The molecule has 1 amide bonds. The van der Waals surface area contributed by atoms with Gasteiger partial charge in [0, 0.05) is 25.5 Å². The topological polar surface area (TPSA) is 56.8 Å². The minimum atomic E-state index is -0.421. The van der Waals surface area contributed by atoms with Crippen molar-refractivity contribution < 1.29 is 19.0 Å². The molecule has 3 rings (SSSR count). The number of carbonyl (C=O) groups excluding carboxylic acids is 1. The van der Waals surface area contributed by atoms with E-state index in [4.69, 9.17) is 14.2 Å². The van der Waals surface area contributed by atoms with Gasteiger partial charge in [-0.15, -0.1) is 0 Å². The zero-order valence-electron chi connectivity index (χ0n) is 15.4. The second kappa shape index (κ2) is 9.78. The quantitative estimate of drug-likeness (QED) is 0.508. The van der Waals surface area contributed by atoms with Crippen molar-refractivity contribution in [2.45, 2.75) is 12.3 Å². The number of alkyl carbamates (subject to hydrolysis) is 1. The molecule has 2 aromatic rings. The van der Waals surface area contributed by atoms with E-state index in [-0.39, 0.29) is 5.92 Å². The smallest absolute Gasteiger partial charge is 0.407 e. The van der Waals surface area contributed by atoms with Gasteiger partial charge in [-0.3, -0.25) is 0 Å². The van der Waals surface area contributed by atoms with E-state index in [0.29, 0.717) is 33.0 Å². The van der Waals surface area contributed by atoms with Gasteiger partial charge in [-0.2, -0.15) is 0 Å². The van der Waals surface area contributed by atoms with Crippen LogP contribution < -0.4 is 5.32 Å². The van der Waals surface area contributed by atoms with Gasteiger partial charge in [0.2, 0.25) is 0 Å². The van der Waals surface area contributed by atoms with E-state index < -0.39 is 6.09 Å². The standard InChI is InChI=1S/C22H25NO4/c1-2-25-13-7-14-26-15-12-23-22(24)27-16-21-19-10-5-3-8-17(19)18-9-4-6-11-20(18)21/h2-6,8-11,21H,1,7,12-16H2,(H,23,24). The molecule has 0 radical (unpaired) electrons. The molecule has 1 aliphatic carbocycles. The summed E-state index contributed by atoms with van der Waals surface area (Å²) in [6, 6.07) is 16.6. The van der Waals surface area contributed by atoms with Crippen LogP contribution in [0.4, 0.5) is 4.79 Å². The third-order valence-corrected chi connectivity index (χ3v) is 4.53. The summed E-state index contributed by atoms with van der Waals surface area (Å²) in [7, 11) is 0. The highest BCUT2D eigenvalue weighted by Gasteiger charge is 2.28. The van der Waals surface area contributed by atoms with E-state index in [1.807, 2.05) is 24.3 Å². The molecular formula is C22H25NO4. The average molecular weight is 367 g/mol. The molecule has 0 fully saturated rings. The number of nitrogens with one attached hydrogen (secondary N) is 1. The molecule has 142 valence electrons. The molecule has 1 N–H and O–H groups in total. The van der Waals surface area contributed by atoms with E-state index in [9.17, 15) is 4.79 Å². The number of ether oxygens (including phenoxy) is 3. The summed E-state index contributed by atoms with van der Waals surface area (Å²) in [6.07, 6.45) is 1.78. The van der Waals surface area contributed by atoms with Crippen molar-refractivity contribution in [3.63, 3.8) is 0 Å². The molecule has 5 heteroatoms. The van der Waals surface area contributed by atoms with Gasteiger partial charge in [0.15, 0.2) is 0 Å². The summed E-state index contributed by atoms with van der Waals surface area (Å²) in [5.41, 5.74) is 4.85. The van der Waals surface area contributed by atoms with Gasteiger partial charge in [0.05, 0.1) is 19.5 Å². The van der Waals surface area contributed by atoms with Crippen LogP contribution in [0.5, 0.6) is 0 Å². The van der Waals surface area contributed by atoms with Crippen molar-refractivity contribution in [1.82, 2.24) is 5.32 Å². The Morgan fingerprint density at radius 1 is 1.00 bits per heavy atom. The minimum Gasteiger partial charge on any atom is -0.502 e. The zero-order chi connectivity index (χ0) is 18.9.